The number of benzene rings is 3. The third-order valence-corrected chi connectivity index (χ3v) is 7.14. The first kappa shape index (κ1) is 27.1. The molecular formula is C31H33NO6. The number of nitrogens with zero attached hydrogens (tertiary/aromatic N) is 1. The largest absolute Gasteiger partial charge is 0.461 e. The summed E-state index contributed by atoms with van der Waals surface area (Å²) in [5, 5.41) is 24.8. The van der Waals surface area contributed by atoms with E-state index in [0.717, 1.165) is 23.1 Å². The Balaban J connectivity index is 1.70. The van der Waals surface area contributed by atoms with Gasteiger partial charge in [-0.25, -0.2) is 0 Å². The maximum absolute atomic E-state index is 13.6. The first-order valence-electron chi connectivity index (χ1n) is 12.8. The molecule has 4 atom stereocenters. The number of hydrogen-bond donors (Lipinski definition) is 2. The Morgan fingerprint density at radius 1 is 0.842 bits per heavy atom. The number of esters is 2. The molecule has 198 valence electrons. The van der Waals surface area contributed by atoms with Crippen molar-refractivity contribution >= 4 is 17.7 Å². The van der Waals surface area contributed by atoms with Crippen LogP contribution in [0.1, 0.15) is 48.4 Å². The summed E-state index contributed by atoms with van der Waals surface area (Å²) >= 11 is 0. The molecule has 3 aromatic rings. The number of ether oxygens (including phenoxy) is 2. The summed E-state index contributed by atoms with van der Waals surface area (Å²) < 4.78 is 11.3. The van der Waals surface area contributed by atoms with Crippen molar-refractivity contribution in [2.24, 2.45) is 17.0 Å². The molecule has 1 saturated carbocycles. The summed E-state index contributed by atoms with van der Waals surface area (Å²) in [6.45, 7) is 3.59. The number of carbonyl (C=O) groups excluding carboxylic acids is 2. The first-order chi connectivity index (χ1) is 18.3. The zero-order valence-corrected chi connectivity index (χ0v) is 21.6. The Morgan fingerprint density at radius 2 is 1.37 bits per heavy atom. The molecule has 7 nitrogen and oxygen atoms in total. The van der Waals surface area contributed by atoms with Crippen molar-refractivity contribution < 1.29 is 29.4 Å². The molecule has 0 bridgehead atoms. The van der Waals surface area contributed by atoms with Crippen LogP contribution in [0, 0.1) is 11.8 Å². The average Bonchev–Trinajstić information content (AvgIpc) is 2.94. The number of carbonyl (C=O) groups is 2. The summed E-state index contributed by atoms with van der Waals surface area (Å²) in [6, 6.07) is 26.0. The van der Waals surface area contributed by atoms with Crippen LogP contribution in [0.4, 0.5) is 0 Å². The fourth-order valence-corrected chi connectivity index (χ4v) is 5.15. The lowest BCUT2D eigenvalue weighted by Crippen LogP contribution is -2.55. The van der Waals surface area contributed by atoms with Gasteiger partial charge in [0.1, 0.15) is 19.1 Å². The van der Waals surface area contributed by atoms with E-state index in [1.165, 1.54) is 6.92 Å². The molecule has 0 saturated heterocycles. The van der Waals surface area contributed by atoms with E-state index in [-0.39, 0.29) is 25.3 Å². The van der Waals surface area contributed by atoms with Gasteiger partial charge < -0.3 is 19.8 Å². The van der Waals surface area contributed by atoms with Crippen LogP contribution in [-0.2, 0) is 38.7 Å². The third-order valence-electron chi connectivity index (χ3n) is 7.14. The minimum absolute atomic E-state index is 0.0237. The van der Waals surface area contributed by atoms with Crippen molar-refractivity contribution in [3.63, 3.8) is 0 Å². The first-order valence-corrected chi connectivity index (χ1v) is 12.8. The van der Waals surface area contributed by atoms with Gasteiger partial charge in [0.15, 0.2) is 0 Å². The standard InChI is InChI=1S/C31H33NO6/c1-3-21-14-16-24(17-15-21)26-27(29(33)37-19-22-10-6-4-7-11-22)25(32-36)18-31(2,35)28(26)30(34)38-20-23-12-8-5-9-13-23/h4-17,26-28,35-36H,3,18-20H2,1-2H3/b32-25+/t26-,27+,28+,31-/m1/s1. The summed E-state index contributed by atoms with van der Waals surface area (Å²) in [4.78, 5) is 27.2. The van der Waals surface area contributed by atoms with Gasteiger partial charge in [0.05, 0.1) is 17.2 Å². The maximum Gasteiger partial charge on any atom is 0.315 e. The third kappa shape index (κ3) is 6.11. The Labute approximate surface area is 222 Å². The number of oxime groups is 1. The van der Waals surface area contributed by atoms with Crippen molar-refractivity contribution in [2.45, 2.75) is 51.4 Å². The van der Waals surface area contributed by atoms with E-state index in [9.17, 15) is 19.9 Å². The number of aryl methyl sites for hydroxylation is 1. The minimum atomic E-state index is -1.64. The van der Waals surface area contributed by atoms with Crippen molar-refractivity contribution in [3.05, 3.63) is 107 Å². The molecule has 3 aromatic carbocycles. The molecule has 4 rings (SSSR count). The van der Waals surface area contributed by atoms with Gasteiger partial charge in [-0.2, -0.15) is 0 Å². The lowest BCUT2D eigenvalue weighted by Gasteiger charge is -2.44. The second-order valence-electron chi connectivity index (χ2n) is 9.89. The maximum atomic E-state index is 13.6. The van der Waals surface area contributed by atoms with Crippen molar-refractivity contribution in [1.29, 1.82) is 0 Å². The molecule has 1 aliphatic rings. The van der Waals surface area contributed by atoms with Crippen LogP contribution < -0.4 is 0 Å². The average molecular weight is 516 g/mol. The quantitative estimate of drug-likeness (QED) is 0.247. The highest BCUT2D eigenvalue weighted by molar-refractivity contribution is 6.05. The van der Waals surface area contributed by atoms with Crippen LogP contribution in [-0.4, -0.2) is 33.6 Å². The molecule has 0 aliphatic heterocycles. The highest BCUT2D eigenvalue weighted by Gasteiger charge is 2.56. The Morgan fingerprint density at radius 3 is 1.87 bits per heavy atom. The van der Waals surface area contributed by atoms with Crippen LogP contribution in [0.3, 0.4) is 0 Å². The number of rotatable bonds is 8. The normalized spacial score (nSPS) is 24.1. The molecule has 38 heavy (non-hydrogen) atoms. The minimum Gasteiger partial charge on any atom is -0.461 e. The fraction of sp³-hybridized carbons (Fsp3) is 0.323. The van der Waals surface area contributed by atoms with E-state index in [2.05, 4.69) is 5.16 Å². The number of aliphatic hydroxyl groups is 1. The van der Waals surface area contributed by atoms with Crippen molar-refractivity contribution in [2.75, 3.05) is 0 Å². The smallest absolute Gasteiger partial charge is 0.315 e. The van der Waals surface area contributed by atoms with E-state index >= 15 is 0 Å². The van der Waals surface area contributed by atoms with Gasteiger partial charge >= 0.3 is 11.9 Å². The van der Waals surface area contributed by atoms with E-state index in [1.54, 1.807) is 0 Å². The molecule has 1 fully saturated rings. The summed E-state index contributed by atoms with van der Waals surface area (Å²) in [5.74, 6) is -4.35. The molecule has 2 N–H and O–H groups in total. The molecule has 7 heteroatoms. The molecule has 1 aliphatic carbocycles. The fourth-order valence-electron chi connectivity index (χ4n) is 5.15. The zero-order valence-electron chi connectivity index (χ0n) is 21.6. The van der Waals surface area contributed by atoms with Gasteiger partial charge in [-0.05, 0) is 35.6 Å². The Hall–Kier alpha value is -3.97. The van der Waals surface area contributed by atoms with Crippen LogP contribution in [0.5, 0.6) is 0 Å². The monoisotopic (exact) mass is 515 g/mol. The van der Waals surface area contributed by atoms with E-state index in [1.807, 2.05) is 91.9 Å². The molecule has 0 amide bonds. The molecular weight excluding hydrogens is 482 g/mol. The van der Waals surface area contributed by atoms with Gasteiger partial charge in [-0.15, -0.1) is 0 Å². The van der Waals surface area contributed by atoms with E-state index < -0.39 is 35.3 Å². The summed E-state index contributed by atoms with van der Waals surface area (Å²) in [7, 11) is 0. The molecule has 0 heterocycles. The van der Waals surface area contributed by atoms with Gasteiger partial charge in [-0.1, -0.05) is 97.0 Å². The van der Waals surface area contributed by atoms with E-state index in [0.29, 0.717) is 5.56 Å². The van der Waals surface area contributed by atoms with Crippen molar-refractivity contribution in [3.8, 4) is 0 Å². The van der Waals surface area contributed by atoms with Crippen LogP contribution in [0.2, 0.25) is 0 Å². The summed E-state index contributed by atoms with van der Waals surface area (Å²) in [5.41, 5.74) is 1.75. The second-order valence-corrected chi connectivity index (χ2v) is 9.89. The van der Waals surface area contributed by atoms with Gasteiger partial charge in [0.2, 0.25) is 0 Å². The predicted octanol–water partition coefficient (Wildman–Crippen LogP) is 5.04. The lowest BCUT2D eigenvalue weighted by atomic mass is 9.61. The number of hydrogen-bond acceptors (Lipinski definition) is 7. The second kappa shape index (κ2) is 12.0. The van der Waals surface area contributed by atoms with Crippen LogP contribution in [0.25, 0.3) is 0 Å². The Bertz CT molecular complexity index is 1250. The molecule has 0 radical (unpaired) electrons. The van der Waals surface area contributed by atoms with Gasteiger partial charge in [0.25, 0.3) is 0 Å². The van der Waals surface area contributed by atoms with Crippen molar-refractivity contribution in [1.82, 2.24) is 0 Å². The Kier molecular flexibility index (Phi) is 8.59. The highest BCUT2D eigenvalue weighted by Crippen LogP contribution is 2.47. The molecule has 0 aromatic heterocycles. The zero-order chi connectivity index (χ0) is 27.1. The van der Waals surface area contributed by atoms with Crippen LogP contribution >= 0.6 is 0 Å². The highest BCUT2D eigenvalue weighted by atomic mass is 16.5. The van der Waals surface area contributed by atoms with Gasteiger partial charge in [-0.3, -0.25) is 9.59 Å². The van der Waals surface area contributed by atoms with Crippen LogP contribution in [0.15, 0.2) is 90.1 Å². The molecule has 0 spiro atoms. The summed E-state index contributed by atoms with van der Waals surface area (Å²) in [6.07, 6.45) is 0.625. The topological polar surface area (TPSA) is 105 Å². The van der Waals surface area contributed by atoms with E-state index in [4.69, 9.17) is 9.47 Å². The van der Waals surface area contributed by atoms with Gasteiger partial charge in [0, 0.05) is 12.3 Å². The molecule has 0 unspecified atom stereocenters. The predicted molar refractivity (Wildman–Crippen MR) is 142 cm³/mol. The lowest BCUT2D eigenvalue weighted by molar-refractivity contribution is -0.165. The SMILES string of the molecule is CCc1ccc([C@H]2[C@@H](C(=O)OCc3ccccc3)[C@](C)(O)C/C(=N\O)[C@@H]2C(=O)OCc2ccccc2)cc1.